The summed E-state index contributed by atoms with van der Waals surface area (Å²) in [5.74, 6) is 0.320. The first-order chi connectivity index (χ1) is 8.40. The first kappa shape index (κ1) is 14.2. The van der Waals surface area contributed by atoms with Gasteiger partial charge in [-0.3, -0.25) is 4.79 Å². The van der Waals surface area contributed by atoms with Gasteiger partial charge < -0.3 is 9.64 Å². The van der Waals surface area contributed by atoms with E-state index >= 15 is 0 Å². The highest BCUT2D eigenvalue weighted by Gasteiger charge is 2.14. The molecule has 0 unspecified atom stereocenters. The fraction of sp³-hybridized carbons (Fsp3) is 0.273. The number of nitrogens with zero attached hydrogens (tertiary/aromatic N) is 2. The number of hydrogen-bond donors (Lipinski definition) is 0. The molecule has 0 amide bonds. The highest BCUT2D eigenvalue weighted by Crippen LogP contribution is 2.21. The normalized spacial score (nSPS) is 11.5. The summed E-state index contributed by atoms with van der Waals surface area (Å²) >= 11 is 0. The molecule has 0 aliphatic rings. The summed E-state index contributed by atoms with van der Waals surface area (Å²) in [6.45, 7) is 0. The Morgan fingerprint density at radius 2 is 2.00 bits per heavy atom. The van der Waals surface area contributed by atoms with Crippen molar-refractivity contribution in [2.24, 2.45) is 4.40 Å². The molecule has 0 aromatic heterocycles. The van der Waals surface area contributed by atoms with E-state index in [-0.39, 0.29) is 10.5 Å². The Balaban J connectivity index is 3.22. The van der Waals surface area contributed by atoms with Crippen molar-refractivity contribution < 1.29 is 17.9 Å². The second-order valence-corrected chi connectivity index (χ2v) is 5.31. The molecule has 0 saturated heterocycles. The SMILES string of the molecule is COc1ccc(S(=O)(=O)N=CN(C)C)cc1C=O. The average molecular weight is 270 g/mol. The van der Waals surface area contributed by atoms with Crippen LogP contribution in [0, 0.1) is 0 Å². The van der Waals surface area contributed by atoms with Crippen molar-refractivity contribution in [3.8, 4) is 5.75 Å². The van der Waals surface area contributed by atoms with Crippen LogP contribution in [0.2, 0.25) is 0 Å². The van der Waals surface area contributed by atoms with E-state index in [1.165, 1.54) is 36.5 Å². The van der Waals surface area contributed by atoms with Crippen molar-refractivity contribution in [3.63, 3.8) is 0 Å². The Kier molecular flexibility index (Phi) is 4.43. The topological polar surface area (TPSA) is 76.0 Å². The van der Waals surface area contributed by atoms with Crippen molar-refractivity contribution in [2.75, 3.05) is 21.2 Å². The molecule has 18 heavy (non-hydrogen) atoms. The van der Waals surface area contributed by atoms with Crippen molar-refractivity contribution in [2.45, 2.75) is 4.90 Å². The lowest BCUT2D eigenvalue weighted by Gasteiger charge is -2.06. The zero-order valence-corrected chi connectivity index (χ0v) is 11.1. The van der Waals surface area contributed by atoms with Gasteiger partial charge in [0.15, 0.2) is 6.29 Å². The van der Waals surface area contributed by atoms with Crippen LogP contribution in [-0.4, -0.2) is 47.1 Å². The molecule has 0 aliphatic carbocycles. The number of hydrogen-bond acceptors (Lipinski definition) is 4. The molecular weight excluding hydrogens is 256 g/mol. The number of aldehydes is 1. The van der Waals surface area contributed by atoms with Gasteiger partial charge in [0, 0.05) is 14.1 Å². The van der Waals surface area contributed by atoms with Crippen LogP contribution in [0.5, 0.6) is 5.75 Å². The van der Waals surface area contributed by atoms with Crippen LogP contribution in [0.15, 0.2) is 27.5 Å². The number of benzene rings is 1. The van der Waals surface area contributed by atoms with E-state index in [1.807, 2.05) is 0 Å². The lowest BCUT2D eigenvalue weighted by molar-refractivity contribution is 0.112. The van der Waals surface area contributed by atoms with Crippen molar-refractivity contribution >= 4 is 22.6 Å². The molecule has 7 heteroatoms. The fourth-order valence-electron chi connectivity index (χ4n) is 1.18. The first-order valence-electron chi connectivity index (χ1n) is 5.01. The van der Waals surface area contributed by atoms with Gasteiger partial charge in [-0.05, 0) is 18.2 Å². The molecule has 0 bridgehead atoms. The van der Waals surface area contributed by atoms with E-state index in [1.54, 1.807) is 14.1 Å². The van der Waals surface area contributed by atoms with Crippen molar-refractivity contribution in [1.29, 1.82) is 0 Å². The first-order valence-corrected chi connectivity index (χ1v) is 6.45. The summed E-state index contributed by atoms with van der Waals surface area (Å²) in [5, 5.41) is 0. The Morgan fingerprint density at radius 1 is 1.33 bits per heavy atom. The number of methoxy groups -OCH3 is 1. The molecule has 1 aromatic rings. The Morgan fingerprint density at radius 3 is 2.50 bits per heavy atom. The summed E-state index contributed by atoms with van der Waals surface area (Å²) in [7, 11) is 0.917. The number of carbonyl (C=O) groups excluding carboxylic acids is 1. The molecular formula is C11H14N2O4S. The number of sulfonamides is 1. The summed E-state index contributed by atoms with van der Waals surface area (Å²) in [5.41, 5.74) is 0.165. The maximum absolute atomic E-state index is 11.8. The molecule has 0 heterocycles. The minimum Gasteiger partial charge on any atom is -0.496 e. The monoisotopic (exact) mass is 270 g/mol. The van der Waals surface area contributed by atoms with Gasteiger partial charge in [0.1, 0.15) is 12.1 Å². The van der Waals surface area contributed by atoms with Crippen LogP contribution in [0.25, 0.3) is 0 Å². The summed E-state index contributed by atoms with van der Waals surface area (Å²) in [4.78, 5) is 12.3. The second-order valence-electron chi connectivity index (χ2n) is 3.68. The van der Waals surface area contributed by atoms with E-state index in [9.17, 15) is 13.2 Å². The van der Waals surface area contributed by atoms with E-state index in [0.29, 0.717) is 12.0 Å². The maximum atomic E-state index is 11.8. The van der Waals surface area contributed by atoms with E-state index in [2.05, 4.69) is 4.40 Å². The number of ether oxygens (including phenoxy) is 1. The van der Waals surface area contributed by atoms with Crippen LogP contribution in [0.4, 0.5) is 0 Å². The Labute approximate surface area is 106 Å². The van der Waals surface area contributed by atoms with Gasteiger partial charge in [-0.25, -0.2) is 0 Å². The predicted octanol–water partition coefficient (Wildman–Crippen LogP) is 0.786. The quantitative estimate of drug-likeness (QED) is 0.449. The van der Waals surface area contributed by atoms with Gasteiger partial charge in [-0.15, -0.1) is 4.40 Å². The van der Waals surface area contributed by atoms with Gasteiger partial charge >= 0.3 is 0 Å². The summed E-state index contributed by atoms with van der Waals surface area (Å²) in [6, 6.07) is 3.99. The minimum absolute atomic E-state index is 0.0523. The smallest absolute Gasteiger partial charge is 0.283 e. The molecule has 98 valence electrons. The summed E-state index contributed by atoms with van der Waals surface area (Å²) < 4.78 is 32.0. The van der Waals surface area contributed by atoms with E-state index in [4.69, 9.17) is 4.74 Å². The third-order valence-corrected chi connectivity index (χ3v) is 3.26. The lowest BCUT2D eigenvalue weighted by Crippen LogP contribution is -2.10. The highest BCUT2D eigenvalue weighted by atomic mass is 32.2. The predicted molar refractivity (Wildman–Crippen MR) is 67.7 cm³/mol. The molecule has 1 rings (SSSR count). The summed E-state index contributed by atoms with van der Waals surface area (Å²) in [6.07, 6.45) is 1.72. The average Bonchev–Trinajstić information content (AvgIpc) is 2.35. The van der Waals surface area contributed by atoms with Crippen molar-refractivity contribution in [3.05, 3.63) is 23.8 Å². The molecule has 0 aliphatic heterocycles. The van der Waals surface area contributed by atoms with Gasteiger partial charge in [0.05, 0.1) is 17.6 Å². The van der Waals surface area contributed by atoms with Gasteiger partial charge in [0.25, 0.3) is 10.0 Å². The third-order valence-electron chi connectivity index (χ3n) is 2.04. The highest BCUT2D eigenvalue weighted by molar-refractivity contribution is 7.90. The molecule has 6 nitrogen and oxygen atoms in total. The van der Waals surface area contributed by atoms with Crippen LogP contribution in [0.3, 0.4) is 0 Å². The zero-order valence-electron chi connectivity index (χ0n) is 10.3. The Hall–Kier alpha value is -1.89. The molecule has 0 saturated carbocycles. The fourth-order valence-corrected chi connectivity index (χ4v) is 2.13. The Bertz CT molecular complexity index is 564. The van der Waals surface area contributed by atoms with Crippen LogP contribution in [0.1, 0.15) is 10.4 Å². The molecule has 1 aromatic carbocycles. The standard InChI is InChI=1S/C11H14N2O4S/c1-13(2)8-12-18(15,16)10-4-5-11(17-3)9(6-10)7-14/h4-8H,1-3H3. The van der Waals surface area contributed by atoms with Crippen LogP contribution >= 0.6 is 0 Å². The van der Waals surface area contributed by atoms with E-state index < -0.39 is 10.0 Å². The molecule has 0 fully saturated rings. The minimum atomic E-state index is -3.80. The van der Waals surface area contributed by atoms with Gasteiger partial charge in [-0.2, -0.15) is 8.42 Å². The van der Waals surface area contributed by atoms with Crippen LogP contribution in [-0.2, 0) is 10.0 Å². The van der Waals surface area contributed by atoms with Gasteiger partial charge in [-0.1, -0.05) is 0 Å². The lowest BCUT2D eigenvalue weighted by atomic mass is 10.2. The maximum Gasteiger partial charge on any atom is 0.283 e. The number of carbonyl (C=O) groups is 1. The molecule has 0 N–H and O–H groups in total. The van der Waals surface area contributed by atoms with Gasteiger partial charge in [0.2, 0.25) is 0 Å². The second kappa shape index (κ2) is 5.63. The zero-order chi connectivity index (χ0) is 13.8. The number of rotatable bonds is 5. The van der Waals surface area contributed by atoms with Crippen LogP contribution < -0.4 is 4.74 Å². The van der Waals surface area contributed by atoms with E-state index in [0.717, 1.165) is 0 Å². The largest absolute Gasteiger partial charge is 0.496 e. The molecule has 0 radical (unpaired) electrons. The third kappa shape index (κ3) is 3.30. The van der Waals surface area contributed by atoms with Crippen molar-refractivity contribution in [1.82, 2.24) is 4.90 Å². The molecule has 0 atom stereocenters. The molecule has 0 spiro atoms.